The van der Waals surface area contributed by atoms with Crippen LogP contribution in [0.2, 0.25) is 0 Å². The van der Waals surface area contributed by atoms with E-state index in [1.807, 2.05) is 39.0 Å². The molecule has 152 valence electrons. The van der Waals surface area contributed by atoms with Crippen molar-refractivity contribution in [2.75, 3.05) is 26.2 Å². The van der Waals surface area contributed by atoms with Crippen molar-refractivity contribution in [3.63, 3.8) is 0 Å². The van der Waals surface area contributed by atoms with Crippen molar-refractivity contribution in [2.45, 2.75) is 46.1 Å². The lowest BCUT2D eigenvalue weighted by atomic mass is 9.84. The molecule has 1 saturated heterocycles. The van der Waals surface area contributed by atoms with Gasteiger partial charge < -0.3 is 14.7 Å². The van der Waals surface area contributed by atoms with Gasteiger partial charge in [0.25, 0.3) is 5.91 Å². The highest BCUT2D eigenvalue weighted by atomic mass is 16.7. The zero-order valence-electron chi connectivity index (χ0n) is 16.9. The SMILES string of the molecule is CCON1C(=O)C(c2c(C)cccc2C)=C(OC(=O)O)C12CCN(CC)CC2. The van der Waals surface area contributed by atoms with Crippen LogP contribution in [0.3, 0.4) is 0 Å². The van der Waals surface area contributed by atoms with E-state index in [4.69, 9.17) is 9.57 Å². The molecule has 1 aromatic rings. The van der Waals surface area contributed by atoms with E-state index in [0.29, 0.717) is 25.0 Å². The Bertz CT molecular complexity index is 789. The molecule has 1 N–H and O–H groups in total. The number of amides is 1. The van der Waals surface area contributed by atoms with Gasteiger partial charge in [-0.25, -0.2) is 9.86 Å². The average Bonchev–Trinajstić information content (AvgIpc) is 2.85. The fraction of sp³-hybridized carbons (Fsp3) is 0.524. The number of carbonyl (C=O) groups is 2. The lowest BCUT2D eigenvalue weighted by Crippen LogP contribution is -2.55. The van der Waals surface area contributed by atoms with Crippen molar-refractivity contribution >= 4 is 17.6 Å². The number of rotatable bonds is 5. The Balaban J connectivity index is 2.21. The van der Waals surface area contributed by atoms with Gasteiger partial charge in [0.1, 0.15) is 5.54 Å². The van der Waals surface area contributed by atoms with Gasteiger partial charge in [-0.05, 0) is 56.8 Å². The van der Waals surface area contributed by atoms with Crippen LogP contribution >= 0.6 is 0 Å². The number of piperidine rings is 1. The molecule has 3 rings (SSSR count). The molecule has 28 heavy (non-hydrogen) atoms. The number of hydroxylamine groups is 2. The number of likely N-dealkylation sites (tertiary alicyclic amines) is 1. The first kappa shape index (κ1) is 20.4. The number of carbonyl (C=O) groups excluding carboxylic acids is 1. The second-order valence-electron chi connectivity index (χ2n) is 7.32. The number of nitrogens with zero attached hydrogens (tertiary/aromatic N) is 2. The van der Waals surface area contributed by atoms with E-state index >= 15 is 0 Å². The van der Waals surface area contributed by atoms with Gasteiger partial charge in [0, 0.05) is 13.1 Å². The first-order chi connectivity index (χ1) is 13.4. The summed E-state index contributed by atoms with van der Waals surface area (Å²) in [6.45, 7) is 10.4. The maximum atomic E-state index is 13.5. The summed E-state index contributed by atoms with van der Waals surface area (Å²) in [6, 6.07) is 5.75. The summed E-state index contributed by atoms with van der Waals surface area (Å²) >= 11 is 0. The van der Waals surface area contributed by atoms with E-state index < -0.39 is 11.7 Å². The molecule has 0 aromatic heterocycles. The van der Waals surface area contributed by atoms with Crippen molar-refractivity contribution in [1.29, 1.82) is 0 Å². The Morgan fingerprint density at radius 2 is 1.79 bits per heavy atom. The van der Waals surface area contributed by atoms with E-state index in [1.54, 1.807) is 0 Å². The zero-order valence-corrected chi connectivity index (χ0v) is 16.9. The highest BCUT2D eigenvalue weighted by Gasteiger charge is 2.56. The third-order valence-corrected chi connectivity index (χ3v) is 5.75. The van der Waals surface area contributed by atoms with Crippen LogP contribution in [-0.2, 0) is 14.4 Å². The van der Waals surface area contributed by atoms with E-state index in [9.17, 15) is 14.7 Å². The highest BCUT2D eigenvalue weighted by Crippen LogP contribution is 2.48. The number of aryl methyl sites for hydroxylation is 2. The summed E-state index contributed by atoms with van der Waals surface area (Å²) in [5, 5.41) is 10.8. The van der Waals surface area contributed by atoms with Gasteiger partial charge in [0.05, 0.1) is 12.2 Å². The Morgan fingerprint density at radius 1 is 1.18 bits per heavy atom. The van der Waals surface area contributed by atoms with Crippen LogP contribution in [0.5, 0.6) is 0 Å². The fourth-order valence-corrected chi connectivity index (χ4v) is 4.36. The molecule has 2 aliphatic rings. The van der Waals surface area contributed by atoms with Gasteiger partial charge in [0.15, 0.2) is 5.76 Å². The maximum Gasteiger partial charge on any atom is 0.511 e. The van der Waals surface area contributed by atoms with Gasteiger partial charge in [-0.2, -0.15) is 0 Å². The summed E-state index contributed by atoms with van der Waals surface area (Å²) in [6.07, 6.45) is -0.296. The first-order valence-electron chi connectivity index (χ1n) is 9.77. The van der Waals surface area contributed by atoms with Gasteiger partial charge >= 0.3 is 6.16 Å². The van der Waals surface area contributed by atoms with Crippen LogP contribution in [0.4, 0.5) is 4.79 Å². The second-order valence-corrected chi connectivity index (χ2v) is 7.32. The number of benzene rings is 1. The molecule has 0 radical (unpaired) electrons. The second kappa shape index (κ2) is 7.93. The Morgan fingerprint density at radius 3 is 2.29 bits per heavy atom. The molecule has 0 atom stereocenters. The minimum absolute atomic E-state index is 0.201. The molecule has 2 aliphatic heterocycles. The van der Waals surface area contributed by atoms with Crippen LogP contribution in [-0.4, -0.2) is 58.9 Å². The molecule has 0 bridgehead atoms. The van der Waals surface area contributed by atoms with E-state index in [1.165, 1.54) is 5.06 Å². The van der Waals surface area contributed by atoms with Crippen LogP contribution in [0.15, 0.2) is 24.0 Å². The highest BCUT2D eigenvalue weighted by molar-refractivity contribution is 6.23. The molecule has 7 nitrogen and oxygen atoms in total. The summed E-state index contributed by atoms with van der Waals surface area (Å²) in [4.78, 5) is 33.1. The topological polar surface area (TPSA) is 79.3 Å². The molecule has 7 heteroatoms. The van der Waals surface area contributed by atoms with Crippen molar-refractivity contribution in [2.24, 2.45) is 0 Å². The summed E-state index contributed by atoms with van der Waals surface area (Å²) in [7, 11) is 0. The van der Waals surface area contributed by atoms with Crippen LogP contribution in [0, 0.1) is 13.8 Å². The quantitative estimate of drug-likeness (QED) is 0.779. The van der Waals surface area contributed by atoms with Crippen LogP contribution in [0.25, 0.3) is 5.57 Å². The van der Waals surface area contributed by atoms with Gasteiger partial charge in [-0.1, -0.05) is 25.1 Å². The third kappa shape index (κ3) is 3.29. The minimum Gasteiger partial charge on any atom is -0.449 e. The van der Waals surface area contributed by atoms with Crippen molar-refractivity contribution in [3.8, 4) is 0 Å². The monoisotopic (exact) mass is 388 g/mol. The summed E-state index contributed by atoms with van der Waals surface area (Å²) in [5.74, 6) is -0.132. The summed E-state index contributed by atoms with van der Waals surface area (Å²) < 4.78 is 5.33. The molecule has 0 unspecified atom stereocenters. The molecule has 1 fully saturated rings. The largest absolute Gasteiger partial charge is 0.511 e. The molecular weight excluding hydrogens is 360 g/mol. The van der Waals surface area contributed by atoms with Gasteiger partial charge in [0.2, 0.25) is 0 Å². The third-order valence-electron chi connectivity index (χ3n) is 5.75. The average molecular weight is 388 g/mol. The number of carboxylic acid groups (broad SMARTS) is 1. The van der Waals surface area contributed by atoms with Gasteiger partial charge in [-0.15, -0.1) is 0 Å². The Hall–Kier alpha value is -2.38. The maximum absolute atomic E-state index is 13.5. The normalized spacial score (nSPS) is 19.6. The Labute approximate surface area is 165 Å². The number of hydrogen-bond acceptors (Lipinski definition) is 5. The predicted octanol–water partition coefficient (Wildman–Crippen LogP) is 3.36. The smallest absolute Gasteiger partial charge is 0.449 e. The lowest BCUT2D eigenvalue weighted by Gasteiger charge is -2.43. The van der Waals surface area contributed by atoms with Crippen LogP contribution in [0.1, 0.15) is 43.4 Å². The van der Waals surface area contributed by atoms with Crippen molar-refractivity contribution < 1.29 is 24.3 Å². The van der Waals surface area contributed by atoms with Crippen molar-refractivity contribution in [1.82, 2.24) is 9.96 Å². The fourth-order valence-electron chi connectivity index (χ4n) is 4.36. The van der Waals surface area contributed by atoms with E-state index in [2.05, 4.69) is 11.8 Å². The lowest BCUT2D eigenvalue weighted by molar-refractivity contribution is -0.214. The minimum atomic E-state index is -1.41. The van der Waals surface area contributed by atoms with E-state index in [-0.39, 0.29) is 11.7 Å². The molecule has 0 saturated carbocycles. The molecular formula is C21H28N2O5. The van der Waals surface area contributed by atoms with Gasteiger partial charge in [-0.3, -0.25) is 9.63 Å². The standard InChI is InChI=1S/C21H28N2O5/c1-5-22-12-10-21(11-13-22)18(28-20(25)26)17(19(24)23(21)27-6-2)16-14(3)8-7-9-15(16)4/h7-9H,5-6,10-13H2,1-4H3,(H,25,26). The Kier molecular flexibility index (Phi) is 5.76. The molecule has 1 aromatic carbocycles. The zero-order chi connectivity index (χ0) is 20.5. The molecule has 1 amide bonds. The summed E-state index contributed by atoms with van der Waals surface area (Å²) in [5.41, 5.74) is 1.92. The van der Waals surface area contributed by atoms with Crippen molar-refractivity contribution in [3.05, 3.63) is 40.6 Å². The van der Waals surface area contributed by atoms with E-state index in [0.717, 1.165) is 36.3 Å². The number of hydrogen-bond donors (Lipinski definition) is 1. The molecule has 0 aliphatic carbocycles. The number of ether oxygens (including phenoxy) is 1. The molecule has 2 heterocycles. The first-order valence-corrected chi connectivity index (χ1v) is 9.77. The molecule has 1 spiro atoms. The predicted molar refractivity (Wildman–Crippen MR) is 104 cm³/mol. The van der Waals surface area contributed by atoms with Crippen LogP contribution < -0.4 is 0 Å².